The molecule has 19 heavy (non-hydrogen) atoms. The Hall–Kier alpha value is -1.78. The summed E-state index contributed by atoms with van der Waals surface area (Å²) in [5.74, 6) is 0.390. The van der Waals surface area contributed by atoms with Crippen LogP contribution in [0, 0.1) is 11.8 Å². The number of H-pyrrole nitrogens is 1. The summed E-state index contributed by atoms with van der Waals surface area (Å²) in [6, 6.07) is 1.57. The Morgan fingerprint density at radius 3 is 2.58 bits per heavy atom. The summed E-state index contributed by atoms with van der Waals surface area (Å²) in [7, 11) is 0. The highest BCUT2D eigenvalue weighted by Crippen LogP contribution is 2.31. The highest BCUT2D eigenvalue weighted by molar-refractivity contribution is 5.96. The zero-order valence-electron chi connectivity index (χ0n) is 11.2. The molecule has 0 atom stereocenters. The molecule has 0 aromatic carbocycles. The molecular weight excluding hydrogens is 242 g/mol. The Morgan fingerprint density at radius 2 is 2.05 bits per heavy atom. The van der Waals surface area contributed by atoms with Gasteiger partial charge >= 0.3 is 0 Å². The molecule has 1 aromatic rings. The van der Waals surface area contributed by atoms with Crippen molar-refractivity contribution in [2.24, 2.45) is 17.6 Å². The lowest BCUT2D eigenvalue weighted by molar-refractivity contribution is -0.121. The number of hydrogen-bond acceptors (Lipinski definition) is 2. The van der Waals surface area contributed by atoms with Gasteiger partial charge in [-0.05, 0) is 37.7 Å². The van der Waals surface area contributed by atoms with E-state index in [1.807, 2.05) is 0 Å². The number of carbonyl (C=O) groups excluding carboxylic acids is 2. The van der Waals surface area contributed by atoms with Crippen LogP contribution in [0.3, 0.4) is 0 Å². The molecule has 0 saturated heterocycles. The Labute approximate surface area is 112 Å². The molecule has 0 aliphatic heterocycles. The van der Waals surface area contributed by atoms with Crippen LogP contribution in [0.2, 0.25) is 0 Å². The monoisotopic (exact) mass is 263 g/mol. The molecule has 5 heteroatoms. The standard InChI is InChI=1S/C14H21N3O2/c1-2-9-3-5-10(6-4-9)14(19)17-11-7-12(13(15)18)16-8-11/h7-10,16H,2-6H2,1H3,(H2,15,18)(H,17,19). The smallest absolute Gasteiger partial charge is 0.265 e. The van der Waals surface area contributed by atoms with E-state index >= 15 is 0 Å². The number of carbonyl (C=O) groups is 2. The van der Waals surface area contributed by atoms with E-state index in [1.54, 1.807) is 12.3 Å². The van der Waals surface area contributed by atoms with Gasteiger partial charge in [0.25, 0.3) is 5.91 Å². The molecule has 2 rings (SSSR count). The summed E-state index contributed by atoms with van der Waals surface area (Å²) in [5, 5.41) is 2.84. The van der Waals surface area contributed by atoms with E-state index in [9.17, 15) is 9.59 Å². The van der Waals surface area contributed by atoms with Crippen molar-refractivity contribution >= 4 is 17.5 Å². The van der Waals surface area contributed by atoms with Crippen LogP contribution >= 0.6 is 0 Å². The Kier molecular flexibility index (Phi) is 4.24. The average Bonchev–Trinajstić information content (AvgIpc) is 2.87. The Morgan fingerprint density at radius 1 is 1.37 bits per heavy atom. The van der Waals surface area contributed by atoms with Crippen molar-refractivity contribution in [1.29, 1.82) is 0 Å². The molecule has 1 heterocycles. The van der Waals surface area contributed by atoms with Crippen LogP contribution in [0.15, 0.2) is 12.3 Å². The number of aromatic nitrogens is 1. The number of nitrogens with one attached hydrogen (secondary N) is 2. The molecule has 0 radical (unpaired) electrons. The van der Waals surface area contributed by atoms with Crippen LogP contribution in [0.4, 0.5) is 5.69 Å². The van der Waals surface area contributed by atoms with Gasteiger partial charge in [0.15, 0.2) is 0 Å². The average molecular weight is 263 g/mol. The third-order valence-corrected chi connectivity index (χ3v) is 4.01. The fraction of sp³-hybridized carbons (Fsp3) is 0.571. The minimum atomic E-state index is -0.524. The van der Waals surface area contributed by atoms with Gasteiger partial charge in [0.05, 0.1) is 5.69 Å². The zero-order valence-corrected chi connectivity index (χ0v) is 11.2. The number of hydrogen-bond donors (Lipinski definition) is 3. The van der Waals surface area contributed by atoms with Crippen molar-refractivity contribution in [1.82, 2.24) is 4.98 Å². The first-order chi connectivity index (χ1) is 9.10. The van der Waals surface area contributed by atoms with E-state index in [0.717, 1.165) is 31.6 Å². The van der Waals surface area contributed by atoms with Crippen molar-refractivity contribution in [3.05, 3.63) is 18.0 Å². The number of anilines is 1. The minimum absolute atomic E-state index is 0.0459. The second kappa shape index (κ2) is 5.91. The van der Waals surface area contributed by atoms with E-state index in [0.29, 0.717) is 11.4 Å². The van der Waals surface area contributed by atoms with Gasteiger partial charge in [-0.1, -0.05) is 13.3 Å². The van der Waals surface area contributed by atoms with Crippen molar-refractivity contribution in [2.75, 3.05) is 5.32 Å². The largest absolute Gasteiger partial charge is 0.364 e. The lowest BCUT2D eigenvalue weighted by atomic mass is 9.80. The molecule has 0 bridgehead atoms. The number of amides is 2. The molecule has 104 valence electrons. The number of rotatable bonds is 4. The SMILES string of the molecule is CCC1CCC(C(=O)Nc2c[nH]c(C(N)=O)c2)CC1. The van der Waals surface area contributed by atoms with Gasteiger partial charge in [-0.3, -0.25) is 9.59 Å². The molecule has 0 unspecified atom stereocenters. The van der Waals surface area contributed by atoms with E-state index in [-0.39, 0.29) is 11.8 Å². The van der Waals surface area contributed by atoms with Gasteiger partial charge in [-0.2, -0.15) is 0 Å². The van der Waals surface area contributed by atoms with Crippen LogP contribution in [-0.4, -0.2) is 16.8 Å². The third-order valence-electron chi connectivity index (χ3n) is 4.01. The number of aromatic amines is 1. The van der Waals surface area contributed by atoms with Crippen molar-refractivity contribution in [2.45, 2.75) is 39.0 Å². The fourth-order valence-electron chi connectivity index (χ4n) is 2.69. The topological polar surface area (TPSA) is 88.0 Å². The maximum absolute atomic E-state index is 12.1. The van der Waals surface area contributed by atoms with Gasteiger partial charge in [0.1, 0.15) is 5.69 Å². The lowest BCUT2D eigenvalue weighted by Gasteiger charge is -2.26. The van der Waals surface area contributed by atoms with Crippen LogP contribution in [0.5, 0.6) is 0 Å². The molecule has 1 fully saturated rings. The van der Waals surface area contributed by atoms with Crippen LogP contribution < -0.4 is 11.1 Å². The van der Waals surface area contributed by atoms with Crippen LogP contribution in [0.1, 0.15) is 49.5 Å². The van der Waals surface area contributed by atoms with Crippen molar-refractivity contribution < 1.29 is 9.59 Å². The molecular formula is C14H21N3O2. The van der Waals surface area contributed by atoms with Gasteiger partial charge in [-0.15, -0.1) is 0 Å². The second-order valence-electron chi connectivity index (χ2n) is 5.28. The maximum Gasteiger partial charge on any atom is 0.265 e. The predicted octanol–water partition coefficient (Wildman–Crippen LogP) is 2.27. The van der Waals surface area contributed by atoms with Gasteiger partial charge in [-0.25, -0.2) is 0 Å². The molecule has 1 saturated carbocycles. The molecule has 1 aliphatic rings. The normalized spacial score (nSPS) is 23.0. The first kappa shape index (κ1) is 13.6. The van der Waals surface area contributed by atoms with E-state index in [1.165, 1.54) is 6.42 Å². The number of nitrogens with two attached hydrogens (primary N) is 1. The van der Waals surface area contributed by atoms with E-state index in [2.05, 4.69) is 17.2 Å². The van der Waals surface area contributed by atoms with Gasteiger partial charge < -0.3 is 16.0 Å². The fourth-order valence-corrected chi connectivity index (χ4v) is 2.69. The summed E-state index contributed by atoms with van der Waals surface area (Å²) in [6.07, 6.45) is 6.97. The van der Waals surface area contributed by atoms with Crippen LogP contribution in [-0.2, 0) is 4.79 Å². The van der Waals surface area contributed by atoms with Gasteiger partial charge in [0, 0.05) is 12.1 Å². The van der Waals surface area contributed by atoms with Crippen molar-refractivity contribution in [3.63, 3.8) is 0 Å². The minimum Gasteiger partial charge on any atom is -0.364 e. The molecule has 1 aliphatic carbocycles. The Bertz CT molecular complexity index is 459. The quantitative estimate of drug-likeness (QED) is 0.778. The second-order valence-corrected chi connectivity index (χ2v) is 5.28. The highest BCUT2D eigenvalue weighted by Gasteiger charge is 2.25. The first-order valence-electron chi connectivity index (χ1n) is 6.89. The Balaban J connectivity index is 1.88. The van der Waals surface area contributed by atoms with Crippen LogP contribution in [0.25, 0.3) is 0 Å². The summed E-state index contributed by atoms with van der Waals surface area (Å²) >= 11 is 0. The van der Waals surface area contributed by atoms with E-state index in [4.69, 9.17) is 5.73 Å². The zero-order chi connectivity index (χ0) is 13.8. The van der Waals surface area contributed by atoms with Gasteiger partial charge in [0.2, 0.25) is 5.91 Å². The molecule has 2 amide bonds. The summed E-state index contributed by atoms with van der Waals surface area (Å²) in [4.78, 5) is 25.8. The maximum atomic E-state index is 12.1. The lowest BCUT2D eigenvalue weighted by Crippen LogP contribution is -2.26. The highest BCUT2D eigenvalue weighted by atomic mass is 16.2. The number of primary amides is 1. The predicted molar refractivity (Wildman–Crippen MR) is 73.7 cm³/mol. The molecule has 4 N–H and O–H groups in total. The van der Waals surface area contributed by atoms with E-state index < -0.39 is 5.91 Å². The summed E-state index contributed by atoms with van der Waals surface area (Å²) in [6.45, 7) is 2.20. The third kappa shape index (κ3) is 3.36. The molecule has 5 nitrogen and oxygen atoms in total. The molecule has 0 spiro atoms. The molecule has 1 aromatic heterocycles. The van der Waals surface area contributed by atoms with Crippen molar-refractivity contribution in [3.8, 4) is 0 Å². The summed E-state index contributed by atoms with van der Waals surface area (Å²) in [5.41, 5.74) is 6.07. The first-order valence-corrected chi connectivity index (χ1v) is 6.89. The summed E-state index contributed by atoms with van der Waals surface area (Å²) < 4.78 is 0.